The number of allylic oxidation sites excluding steroid dienone is 3. The minimum atomic E-state index is -0.312. The molecule has 0 heterocycles. The van der Waals surface area contributed by atoms with Crippen molar-refractivity contribution >= 4 is 11.8 Å². The molecule has 0 N–H and O–H groups in total. The van der Waals surface area contributed by atoms with E-state index in [2.05, 4.69) is 11.3 Å². The largest absolute Gasteiger partial charge is 0.432 e. The summed E-state index contributed by atoms with van der Waals surface area (Å²) in [7, 11) is 0. The highest BCUT2D eigenvalue weighted by Crippen LogP contribution is 2.13. The van der Waals surface area contributed by atoms with Crippen LogP contribution < -0.4 is 0 Å². The van der Waals surface area contributed by atoms with Crippen LogP contribution in [0.15, 0.2) is 24.0 Å². The second-order valence-corrected chi connectivity index (χ2v) is 3.61. The summed E-state index contributed by atoms with van der Waals surface area (Å²) in [5.41, 5.74) is 1.24. The smallest absolute Gasteiger partial charge is 0.307 e. The van der Waals surface area contributed by atoms with E-state index in [0.717, 1.165) is 19.3 Å². The molecule has 0 aliphatic heterocycles. The summed E-state index contributed by atoms with van der Waals surface area (Å²) < 4.78 is 4.42. The van der Waals surface area contributed by atoms with Crippen LogP contribution in [0.4, 0.5) is 0 Å². The van der Waals surface area contributed by atoms with Crippen molar-refractivity contribution in [1.82, 2.24) is 0 Å². The SMILES string of the molecule is C=C(C)OC(C)=O.CC1=CC(=O)CCC1. The third-order valence-corrected chi connectivity index (χ3v) is 1.72. The zero-order valence-electron chi connectivity index (χ0n) is 9.63. The molecular weight excluding hydrogens is 192 g/mol. The average molecular weight is 210 g/mol. The lowest BCUT2D eigenvalue weighted by molar-refractivity contribution is -0.136. The van der Waals surface area contributed by atoms with E-state index in [1.54, 1.807) is 13.0 Å². The zero-order valence-corrected chi connectivity index (χ0v) is 9.63. The van der Waals surface area contributed by atoms with Gasteiger partial charge in [-0.05, 0) is 32.8 Å². The Morgan fingerprint density at radius 2 is 2.00 bits per heavy atom. The third kappa shape index (κ3) is 8.94. The number of hydrogen-bond acceptors (Lipinski definition) is 3. The maximum Gasteiger partial charge on any atom is 0.307 e. The Kier molecular flexibility index (Phi) is 6.34. The van der Waals surface area contributed by atoms with Gasteiger partial charge in [0.1, 0.15) is 0 Å². The molecular formula is C12H18O3. The molecule has 0 aromatic carbocycles. The number of rotatable bonds is 1. The van der Waals surface area contributed by atoms with Gasteiger partial charge in [-0.3, -0.25) is 9.59 Å². The highest BCUT2D eigenvalue weighted by atomic mass is 16.5. The Labute approximate surface area is 90.8 Å². The minimum Gasteiger partial charge on any atom is -0.432 e. The number of ether oxygens (including phenoxy) is 1. The van der Waals surface area contributed by atoms with Crippen molar-refractivity contribution in [2.24, 2.45) is 0 Å². The molecule has 3 heteroatoms. The van der Waals surface area contributed by atoms with E-state index in [-0.39, 0.29) is 5.97 Å². The molecule has 0 fully saturated rings. The van der Waals surface area contributed by atoms with Crippen LogP contribution in [0.25, 0.3) is 0 Å². The summed E-state index contributed by atoms with van der Waals surface area (Å²) >= 11 is 0. The zero-order chi connectivity index (χ0) is 11.8. The molecule has 0 bridgehead atoms. The van der Waals surface area contributed by atoms with Gasteiger partial charge in [-0.2, -0.15) is 0 Å². The van der Waals surface area contributed by atoms with E-state index in [9.17, 15) is 9.59 Å². The Bertz CT molecular complexity index is 275. The summed E-state index contributed by atoms with van der Waals surface area (Å²) in [5.74, 6) is 0.425. The van der Waals surface area contributed by atoms with E-state index >= 15 is 0 Å². The van der Waals surface area contributed by atoms with Crippen molar-refractivity contribution in [2.45, 2.75) is 40.0 Å². The fourth-order valence-electron chi connectivity index (χ4n) is 1.21. The number of ketones is 1. The number of carbonyl (C=O) groups is 2. The van der Waals surface area contributed by atoms with Crippen molar-refractivity contribution < 1.29 is 14.3 Å². The molecule has 0 spiro atoms. The highest BCUT2D eigenvalue weighted by Gasteiger charge is 2.04. The standard InChI is InChI=1S/C7H10O.C5H8O2/c1-6-3-2-4-7(8)5-6;1-4(2)7-5(3)6/h5H,2-4H2,1H3;1H2,2-3H3. The quantitative estimate of drug-likeness (QED) is 0.493. The number of hydrogen-bond donors (Lipinski definition) is 0. The monoisotopic (exact) mass is 210 g/mol. The van der Waals surface area contributed by atoms with Crippen molar-refractivity contribution in [1.29, 1.82) is 0 Å². The minimum absolute atomic E-state index is 0.300. The van der Waals surface area contributed by atoms with Gasteiger partial charge in [0.2, 0.25) is 0 Å². The van der Waals surface area contributed by atoms with Gasteiger partial charge >= 0.3 is 5.97 Å². The van der Waals surface area contributed by atoms with E-state index in [1.165, 1.54) is 12.5 Å². The average Bonchev–Trinajstić information content (AvgIpc) is 2.01. The lowest BCUT2D eigenvalue weighted by Gasteiger charge is -2.04. The van der Waals surface area contributed by atoms with Crippen molar-refractivity contribution in [3.8, 4) is 0 Å². The van der Waals surface area contributed by atoms with Gasteiger partial charge in [-0.1, -0.05) is 12.2 Å². The maximum absolute atomic E-state index is 10.6. The Morgan fingerprint density at radius 1 is 1.40 bits per heavy atom. The fraction of sp³-hybridized carbons (Fsp3) is 0.500. The molecule has 1 aliphatic carbocycles. The first kappa shape index (κ1) is 13.6. The molecule has 0 aromatic rings. The van der Waals surface area contributed by atoms with Gasteiger partial charge in [0.05, 0.1) is 5.76 Å². The van der Waals surface area contributed by atoms with Crippen LogP contribution in [0.5, 0.6) is 0 Å². The van der Waals surface area contributed by atoms with Crippen LogP contribution in [0.1, 0.15) is 40.0 Å². The molecule has 0 saturated carbocycles. The van der Waals surface area contributed by atoms with Crippen LogP contribution in [-0.2, 0) is 14.3 Å². The van der Waals surface area contributed by atoms with Crippen LogP contribution in [-0.4, -0.2) is 11.8 Å². The number of esters is 1. The van der Waals surface area contributed by atoms with E-state index in [1.807, 2.05) is 6.92 Å². The topological polar surface area (TPSA) is 43.4 Å². The molecule has 0 atom stereocenters. The van der Waals surface area contributed by atoms with Crippen molar-refractivity contribution in [3.63, 3.8) is 0 Å². The van der Waals surface area contributed by atoms with Crippen LogP contribution in [0, 0.1) is 0 Å². The van der Waals surface area contributed by atoms with Crippen LogP contribution >= 0.6 is 0 Å². The Hall–Kier alpha value is -1.38. The first-order valence-electron chi connectivity index (χ1n) is 4.95. The van der Waals surface area contributed by atoms with E-state index in [0.29, 0.717) is 11.5 Å². The van der Waals surface area contributed by atoms with Gasteiger partial charge < -0.3 is 4.74 Å². The first-order valence-corrected chi connectivity index (χ1v) is 4.95. The number of carbonyl (C=O) groups excluding carboxylic acids is 2. The normalized spacial score (nSPS) is 14.6. The van der Waals surface area contributed by atoms with Gasteiger partial charge in [-0.15, -0.1) is 0 Å². The van der Waals surface area contributed by atoms with Crippen molar-refractivity contribution in [3.05, 3.63) is 24.0 Å². The van der Waals surface area contributed by atoms with Gasteiger partial charge in [0.15, 0.2) is 5.78 Å². The molecule has 0 amide bonds. The summed E-state index contributed by atoms with van der Waals surface area (Å²) in [6.07, 6.45) is 4.69. The molecule has 0 aromatic heterocycles. The molecule has 0 saturated heterocycles. The molecule has 0 unspecified atom stereocenters. The Balaban J connectivity index is 0.000000265. The molecule has 1 rings (SSSR count). The van der Waals surface area contributed by atoms with Gasteiger partial charge in [0.25, 0.3) is 0 Å². The van der Waals surface area contributed by atoms with E-state index < -0.39 is 0 Å². The van der Waals surface area contributed by atoms with Crippen LogP contribution in [0.2, 0.25) is 0 Å². The molecule has 0 radical (unpaired) electrons. The van der Waals surface area contributed by atoms with E-state index in [4.69, 9.17) is 0 Å². The second-order valence-electron chi connectivity index (χ2n) is 3.61. The van der Waals surface area contributed by atoms with Gasteiger partial charge in [0, 0.05) is 13.3 Å². The summed E-state index contributed by atoms with van der Waals surface area (Å²) in [6.45, 7) is 8.33. The Morgan fingerprint density at radius 3 is 2.20 bits per heavy atom. The van der Waals surface area contributed by atoms with Crippen LogP contribution in [0.3, 0.4) is 0 Å². The second kappa shape index (κ2) is 6.98. The summed E-state index contributed by atoms with van der Waals surface area (Å²) in [6, 6.07) is 0. The molecule has 3 nitrogen and oxygen atoms in total. The molecule has 15 heavy (non-hydrogen) atoms. The molecule has 84 valence electrons. The van der Waals surface area contributed by atoms with Crippen molar-refractivity contribution in [2.75, 3.05) is 0 Å². The summed E-state index contributed by atoms with van der Waals surface area (Å²) in [4.78, 5) is 20.6. The predicted molar refractivity (Wildman–Crippen MR) is 59.2 cm³/mol. The predicted octanol–water partition coefficient (Wildman–Crippen LogP) is 2.77. The van der Waals surface area contributed by atoms with Gasteiger partial charge in [-0.25, -0.2) is 0 Å². The maximum atomic E-state index is 10.6. The summed E-state index contributed by atoms with van der Waals surface area (Å²) in [5, 5.41) is 0. The fourth-order valence-corrected chi connectivity index (χ4v) is 1.21. The molecule has 1 aliphatic rings. The third-order valence-electron chi connectivity index (χ3n) is 1.72. The lowest BCUT2D eigenvalue weighted by atomic mass is 10.0. The lowest BCUT2D eigenvalue weighted by Crippen LogP contribution is -1.99. The highest BCUT2D eigenvalue weighted by molar-refractivity contribution is 5.90. The first-order chi connectivity index (χ1) is 6.91.